The summed E-state index contributed by atoms with van der Waals surface area (Å²) in [4.78, 5) is 11.8. The lowest BCUT2D eigenvalue weighted by Crippen LogP contribution is -2.53. The van der Waals surface area contributed by atoms with Gasteiger partial charge in [-0.05, 0) is 112 Å². The van der Waals surface area contributed by atoms with Gasteiger partial charge in [-0.2, -0.15) is 0 Å². The number of aliphatic hydroxyl groups excluding tert-OH is 1. The fraction of sp³-hybridized carbons (Fsp3) is 0.677. The molecule has 1 heterocycles. The first kappa shape index (κ1) is 25.0. The largest absolute Gasteiger partial charge is 0.474 e. The molecule has 0 aliphatic heterocycles. The Hall–Kier alpha value is -2.34. The number of nitrogens with zero attached hydrogens (tertiary/aromatic N) is 1. The molecule has 7 rings (SSSR count). The van der Waals surface area contributed by atoms with Gasteiger partial charge in [0.2, 0.25) is 5.88 Å². The Labute approximate surface area is 220 Å². The van der Waals surface area contributed by atoms with Crippen LogP contribution in [-0.2, 0) is 9.53 Å². The number of aliphatic hydroxyl groups is 1. The Morgan fingerprint density at radius 1 is 1.05 bits per heavy atom. The summed E-state index contributed by atoms with van der Waals surface area (Å²) in [5.41, 5.74) is 3.46. The molecule has 5 fully saturated rings. The summed E-state index contributed by atoms with van der Waals surface area (Å²) >= 11 is 0. The summed E-state index contributed by atoms with van der Waals surface area (Å²) in [6, 6.07) is 10.7. The van der Waals surface area contributed by atoms with Crippen LogP contribution in [-0.4, -0.2) is 40.6 Å². The lowest BCUT2D eigenvalue weighted by Gasteiger charge is -2.58. The second-order valence-electron chi connectivity index (χ2n) is 12.6. The number of ether oxygens (including phenoxy) is 2. The topological polar surface area (TPSA) is 84.4 Å². The predicted molar refractivity (Wildman–Crippen MR) is 142 cm³/mol. The third-order valence-corrected chi connectivity index (χ3v) is 10.0. The van der Waals surface area contributed by atoms with Crippen molar-refractivity contribution in [3.05, 3.63) is 35.9 Å². The van der Waals surface area contributed by atoms with Gasteiger partial charge in [0, 0.05) is 17.9 Å². The SMILES string of the molecule is CCOC(=O)CC1CCC(c2ccc(-c3cc(OCC(O)C45CC6CC(CC(C6)C4)C5)n[nH]3)cc2)CC1. The van der Waals surface area contributed by atoms with E-state index in [1.54, 1.807) is 0 Å². The van der Waals surface area contributed by atoms with Gasteiger partial charge in [-0.1, -0.05) is 24.3 Å². The van der Waals surface area contributed by atoms with Gasteiger partial charge in [0.25, 0.3) is 0 Å². The zero-order valence-corrected chi connectivity index (χ0v) is 22.2. The first-order valence-corrected chi connectivity index (χ1v) is 14.6. The highest BCUT2D eigenvalue weighted by molar-refractivity contribution is 5.69. The maximum atomic E-state index is 11.8. The average molecular weight is 507 g/mol. The lowest BCUT2D eigenvalue weighted by molar-refractivity contribution is -0.144. The molecule has 37 heavy (non-hydrogen) atoms. The Morgan fingerprint density at radius 3 is 2.32 bits per heavy atom. The standard InChI is InChI=1S/C31H42N2O4/c1-2-36-30(35)14-20-3-5-24(6-4-20)25-7-9-26(10-8-25)27-15-29(33-32-27)37-19-28(34)31-16-21-11-22(17-31)13-23(12-21)18-31/h7-10,15,20-24,28,34H,2-6,11-14,16-19H2,1H3,(H,32,33). The van der Waals surface area contributed by atoms with Crippen LogP contribution in [0.5, 0.6) is 5.88 Å². The molecule has 1 atom stereocenters. The molecule has 5 aliphatic rings. The molecule has 4 bridgehead atoms. The number of nitrogens with one attached hydrogen (secondary N) is 1. The van der Waals surface area contributed by atoms with Crippen molar-refractivity contribution in [1.29, 1.82) is 0 Å². The van der Waals surface area contributed by atoms with Crippen molar-refractivity contribution in [2.75, 3.05) is 13.2 Å². The van der Waals surface area contributed by atoms with E-state index < -0.39 is 6.10 Å². The lowest BCUT2D eigenvalue weighted by atomic mass is 9.48. The Balaban J connectivity index is 1.01. The van der Waals surface area contributed by atoms with E-state index >= 15 is 0 Å². The molecule has 0 amide bonds. The molecule has 6 nitrogen and oxygen atoms in total. The average Bonchev–Trinajstić information content (AvgIpc) is 3.36. The maximum Gasteiger partial charge on any atom is 0.306 e. The summed E-state index contributed by atoms with van der Waals surface area (Å²) in [6.45, 7) is 2.66. The molecule has 1 unspecified atom stereocenters. The zero-order valence-electron chi connectivity index (χ0n) is 22.2. The predicted octanol–water partition coefficient (Wildman–Crippen LogP) is 6.26. The van der Waals surface area contributed by atoms with Crippen LogP contribution in [0, 0.1) is 29.1 Å². The van der Waals surface area contributed by atoms with E-state index in [9.17, 15) is 9.90 Å². The summed E-state index contributed by atoms with van der Waals surface area (Å²) in [6.07, 6.45) is 12.2. The van der Waals surface area contributed by atoms with Crippen LogP contribution in [0.4, 0.5) is 0 Å². The molecule has 1 aromatic heterocycles. The van der Waals surface area contributed by atoms with E-state index in [-0.39, 0.29) is 11.4 Å². The van der Waals surface area contributed by atoms with Crippen LogP contribution < -0.4 is 4.74 Å². The van der Waals surface area contributed by atoms with Crippen LogP contribution >= 0.6 is 0 Å². The number of hydrogen-bond acceptors (Lipinski definition) is 5. The van der Waals surface area contributed by atoms with E-state index in [0.717, 1.165) is 54.7 Å². The molecule has 2 aromatic rings. The minimum Gasteiger partial charge on any atom is -0.474 e. The van der Waals surface area contributed by atoms with Gasteiger partial charge in [0.15, 0.2) is 0 Å². The van der Waals surface area contributed by atoms with Crippen LogP contribution in [0.15, 0.2) is 30.3 Å². The monoisotopic (exact) mass is 506 g/mol. The van der Waals surface area contributed by atoms with E-state index in [1.165, 1.54) is 44.1 Å². The van der Waals surface area contributed by atoms with Crippen LogP contribution in [0.25, 0.3) is 11.3 Å². The summed E-state index contributed by atoms with van der Waals surface area (Å²) in [7, 11) is 0. The van der Waals surface area contributed by atoms with Crippen molar-refractivity contribution >= 4 is 5.97 Å². The fourth-order valence-electron chi connectivity index (χ4n) is 8.54. The number of H-pyrrole nitrogens is 1. The minimum absolute atomic E-state index is 0.0551. The van der Waals surface area contributed by atoms with Gasteiger partial charge < -0.3 is 14.6 Å². The summed E-state index contributed by atoms with van der Waals surface area (Å²) in [5.74, 6) is 3.98. The summed E-state index contributed by atoms with van der Waals surface area (Å²) in [5, 5.41) is 18.6. The first-order valence-electron chi connectivity index (χ1n) is 14.6. The van der Waals surface area contributed by atoms with E-state index in [2.05, 4.69) is 34.5 Å². The van der Waals surface area contributed by atoms with E-state index in [0.29, 0.717) is 37.4 Å². The normalized spacial score (nSPS) is 33.3. The molecule has 5 aliphatic carbocycles. The fourth-order valence-corrected chi connectivity index (χ4v) is 8.54. The van der Waals surface area contributed by atoms with Crippen molar-refractivity contribution in [2.24, 2.45) is 29.1 Å². The molecule has 200 valence electrons. The van der Waals surface area contributed by atoms with Gasteiger partial charge in [-0.25, -0.2) is 0 Å². The highest BCUT2D eigenvalue weighted by Gasteiger charge is 2.54. The number of benzene rings is 1. The van der Waals surface area contributed by atoms with Crippen LogP contribution in [0.3, 0.4) is 0 Å². The molecule has 6 heteroatoms. The number of aromatic nitrogens is 2. The van der Waals surface area contributed by atoms with Crippen molar-refractivity contribution in [3.8, 4) is 17.1 Å². The Bertz CT molecular complexity index is 1030. The number of hydrogen-bond donors (Lipinski definition) is 2. The van der Waals surface area contributed by atoms with Crippen molar-refractivity contribution in [3.63, 3.8) is 0 Å². The molecule has 0 radical (unpaired) electrons. The number of rotatable bonds is 9. The van der Waals surface area contributed by atoms with Crippen molar-refractivity contribution < 1.29 is 19.4 Å². The smallest absolute Gasteiger partial charge is 0.306 e. The van der Waals surface area contributed by atoms with Crippen LogP contribution in [0.1, 0.15) is 89.0 Å². The number of aromatic amines is 1. The molecular formula is C31H42N2O4. The van der Waals surface area contributed by atoms with E-state index in [1.807, 2.05) is 13.0 Å². The van der Waals surface area contributed by atoms with Crippen molar-refractivity contribution in [2.45, 2.75) is 89.6 Å². The first-order chi connectivity index (χ1) is 18.0. The van der Waals surface area contributed by atoms with Crippen molar-refractivity contribution in [1.82, 2.24) is 10.2 Å². The third-order valence-electron chi connectivity index (χ3n) is 10.0. The number of carbonyl (C=O) groups excluding carboxylic acids is 1. The van der Waals surface area contributed by atoms with Gasteiger partial charge in [-0.3, -0.25) is 9.89 Å². The quantitative estimate of drug-likeness (QED) is 0.392. The number of carbonyl (C=O) groups is 1. The van der Waals surface area contributed by atoms with Gasteiger partial charge >= 0.3 is 5.97 Å². The highest BCUT2D eigenvalue weighted by Crippen LogP contribution is 2.61. The molecule has 5 saturated carbocycles. The number of esters is 1. The molecule has 1 aromatic carbocycles. The van der Waals surface area contributed by atoms with E-state index in [4.69, 9.17) is 9.47 Å². The molecule has 2 N–H and O–H groups in total. The maximum absolute atomic E-state index is 11.8. The molecule has 0 spiro atoms. The third kappa shape index (κ3) is 5.32. The zero-order chi connectivity index (χ0) is 25.4. The van der Waals surface area contributed by atoms with Gasteiger partial charge in [0.05, 0.1) is 18.4 Å². The Morgan fingerprint density at radius 2 is 1.70 bits per heavy atom. The highest BCUT2D eigenvalue weighted by atomic mass is 16.5. The Kier molecular flexibility index (Phi) is 7.04. The molecule has 0 saturated heterocycles. The minimum atomic E-state index is -0.410. The second kappa shape index (κ2) is 10.4. The molecular weight excluding hydrogens is 464 g/mol. The van der Waals surface area contributed by atoms with Gasteiger partial charge in [-0.15, -0.1) is 5.10 Å². The summed E-state index contributed by atoms with van der Waals surface area (Å²) < 4.78 is 11.1. The second-order valence-corrected chi connectivity index (χ2v) is 12.6. The van der Waals surface area contributed by atoms with Crippen LogP contribution in [0.2, 0.25) is 0 Å². The van der Waals surface area contributed by atoms with Gasteiger partial charge in [0.1, 0.15) is 6.61 Å².